The predicted octanol–water partition coefficient (Wildman–Crippen LogP) is 4.84. The standard InChI is InChI=1S/C48H57N11O6/c1-54(2)40-20-35-32(18-36(40)51-44(61)37-27-65-46(52-37)30-16-17-49-41(19-30)50-21-28-8-9-28)24-58(47(35)63)33-12-10-29(11-13-33)22-55(3)34-25-57(26-34)23-31-6-5-7-38-43(31)56(4)48(64)59(38)39-14-15-42(60)53-45(39)62/h5-7,16-20,27-29,33-34,39H,8-15,21-26H2,1-4H3,(H,49,50)(H,51,61)(H,53,60,62). The highest BCUT2D eigenvalue weighted by Crippen LogP contribution is 2.38. The zero-order valence-electron chi connectivity index (χ0n) is 37.5. The summed E-state index contributed by atoms with van der Waals surface area (Å²) >= 11 is 0. The number of piperidine rings is 1. The second-order valence-corrected chi connectivity index (χ2v) is 19.0. The van der Waals surface area contributed by atoms with Crippen LogP contribution in [0.25, 0.3) is 22.5 Å². The maximum Gasteiger partial charge on any atom is 0.329 e. The number of imide groups is 1. The van der Waals surface area contributed by atoms with Crippen molar-refractivity contribution in [1.82, 2.24) is 39.1 Å². The van der Waals surface area contributed by atoms with Gasteiger partial charge in [0, 0.05) is 96.2 Å². The topological polar surface area (TPSA) is 183 Å². The largest absolute Gasteiger partial charge is 0.444 e. The van der Waals surface area contributed by atoms with Gasteiger partial charge in [-0.05, 0) is 105 Å². The van der Waals surface area contributed by atoms with Crippen LogP contribution < -0.4 is 26.5 Å². The first kappa shape index (κ1) is 42.6. The molecule has 0 bridgehead atoms. The number of carbonyl (C=O) groups is 4. The number of imidazole rings is 1. The third kappa shape index (κ3) is 8.42. The first-order valence-electron chi connectivity index (χ1n) is 23.0. The fourth-order valence-electron chi connectivity index (χ4n) is 10.3. The Morgan fingerprint density at radius 3 is 2.49 bits per heavy atom. The van der Waals surface area contributed by atoms with Gasteiger partial charge in [0.05, 0.1) is 22.4 Å². The molecule has 6 heterocycles. The number of rotatable bonds is 14. The minimum absolute atomic E-state index is 0.0453. The third-order valence-electron chi connectivity index (χ3n) is 14.3. The molecule has 65 heavy (non-hydrogen) atoms. The quantitative estimate of drug-likeness (QED) is 0.129. The van der Waals surface area contributed by atoms with Crippen LogP contribution in [0.1, 0.15) is 89.4 Å². The van der Waals surface area contributed by atoms with Crippen molar-refractivity contribution in [3.63, 3.8) is 0 Å². The SMILES string of the molecule is CN(C)c1cc2c(cc1NC(=O)c1coc(-c3ccnc(NCC4CC4)c3)n1)CN(C1CCC(CN(C)C3CN(Cc4cccc5c4n(C)c(=O)n5C4CCC(=O)NC4=O)C3)CC1)C2=O. The maximum atomic E-state index is 14.0. The summed E-state index contributed by atoms with van der Waals surface area (Å²) in [6.45, 7) is 4.94. The van der Waals surface area contributed by atoms with Crippen LogP contribution in [0, 0.1) is 11.8 Å². The molecule has 3 N–H and O–H groups in total. The molecule has 4 amide bonds. The number of carbonyl (C=O) groups excluding carboxylic acids is 4. The first-order chi connectivity index (χ1) is 31.4. The third-order valence-corrected chi connectivity index (χ3v) is 14.3. The zero-order valence-corrected chi connectivity index (χ0v) is 37.5. The molecule has 1 atom stereocenters. The van der Waals surface area contributed by atoms with Gasteiger partial charge in [-0.1, -0.05) is 12.1 Å². The number of aromatic nitrogens is 4. The highest BCUT2D eigenvalue weighted by atomic mass is 16.3. The van der Waals surface area contributed by atoms with Crippen LogP contribution in [0.3, 0.4) is 0 Å². The lowest BCUT2D eigenvalue weighted by atomic mass is 9.84. The zero-order chi connectivity index (χ0) is 45.1. The van der Waals surface area contributed by atoms with Gasteiger partial charge in [0.15, 0.2) is 5.69 Å². The van der Waals surface area contributed by atoms with Gasteiger partial charge in [0.2, 0.25) is 17.7 Å². The molecule has 10 rings (SSSR count). The van der Waals surface area contributed by atoms with Gasteiger partial charge in [-0.15, -0.1) is 0 Å². The average Bonchev–Trinajstić information content (AvgIpc) is 3.78. The maximum absolute atomic E-state index is 14.0. The molecule has 0 radical (unpaired) electrons. The molecule has 340 valence electrons. The number of aryl methyl sites for hydroxylation is 1. The van der Waals surface area contributed by atoms with Crippen molar-refractivity contribution in [3.05, 3.63) is 87.8 Å². The molecule has 3 aliphatic heterocycles. The number of hydrogen-bond donors (Lipinski definition) is 3. The number of fused-ring (bicyclic) bond motifs is 2. The summed E-state index contributed by atoms with van der Waals surface area (Å²) in [5, 5.41) is 8.80. The molecule has 0 spiro atoms. The first-order valence-corrected chi connectivity index (χ1v) is 23.0. The number of amides is 4. The fraction of sp³-hybridized carbons (Fsp3) is 0.479. The number of nitrogens with zero attached hydrogens (tertiary/aromatic N) is 8. The summed E-state index contributed by atoms with van der Waals surface area (Å²) in [4.78, 5) is 83.2. The van der Waals surface area contributed by atoms with Crippen molar-refractivity contribution in [3.8, 4) is 11.5 Å². The molecule has 2 saturated carbocycles. The van der Waals surface area contributed by atoms with Crippen molar-refractivity contribution >= 4 is 51.9 Å². The highest BCUT2D eigenvalue weighted by Gasteiger charge is 2.38. The molecular weight excluding hydrogens is 827 g/mol. The molecule has 3 aromatic heterocycles. The van der Waals surface area contributed by atoms with Gasteiger partial charge in [0.25, 0.3) is 11.8 Å². The van der Waals surface area contributed by atoms with E-state index in [2.05, 4.69) is 48.8 Å². The Bertz CT molecular complexity index is 2740. The lowest BCUT2D eigenvalue weighted by Crippen LogP contribution is -2.58. The van der Waals surface area contributed by atoms with E-state index < -0.39 is 17.9 Å². The molecule has 2 aromatic carbocycles. The van der Waals surface area contributed by atoms with Gasteiger partial charge in [0.1, 0.15) is 18.1 Å². The summed E-state index contributed by atoms with van der Waals surface area (Å²) in [6.07, 6.45) is 10.1. The summed E-state index contributed by atoms with van der Waals surface area (Å²) in [5.41, 5.74) is 6.15. The van der Waals surface area contributed by atoms with Gasteiger partial charge in [-0.3, -0.25) is 38.5 Å². The Hall–Kier alpha value is -6.33. The summed E-state index contributed by atoms with van der Waals surface area (Å²) in [5.74, 6) is 1.25. The number of oxazole rings is 1. The molecule has 17 nitrogen and oxygen atoms in total. The Morgan fingerprint density at radius 1 is 0.954 bits per heavy atom. The molecule has 5 aliphatic rings. The smallest absolute Gasteiger partial charge is 0.329 e. The minimum Gasteiger partial charge on any atom is -0.444 e. The van der Waals surface area contributed by atoms with Crippen LogP contribution >= 0.6 is 0 Å². The second-order valence-electron chi connectivity index (χ2n) is 19.0. The van der Waals surface area contributed by atoms with Crippen molar-refractivity contribution in [1.29, 1.82) is 0 Å². The summed E-state index contributed by atoms with van der Waals surface area (Å²) < 4.78 is 8.92. The van der Waals surface area contributed by atoms with E-state index in [4.69, 9.17) is 4.42 Å². The number of likely N-dealkylation sites (tertiary alicyclic amines) is 1. The van der Waals surface area contributed by atoms with E-state index >= 15 is 0 Å². The van der Waals surface area contributed by atoms with Crippen molar-refractivity contribution in [2.75, 3.05) is 62.9 Å². The average molecular weight is 884 g/mol. The van der Waals surface area contributed by atoms with E-state index in [0.717, 1.165) is 85.6 Å². The van der Waals surface area contributed by atoms with E-state index in [-0.39, 0.29) is 35.7 Å². The number of anilines is 3. The summed E-state index contributed by atoms with van der Waals surface area (Å²) in [6, 6.07) is 13.3. The van der Waals surface area contributed by atoms with E-state index in [0.29, 0.717) is 60.0 Å². The Kier molecular flexibility index (Phi) is 11.3. The number of benzene rings is 2. The predicted molar refractivity (Wildman–Crippen MR) is 246 cm³/mol. The molecule has 1 unspecified atom stereocenters. The van der Waals surface area contributed by atoms with Gasteiger partial charge < -0.3 is 29.8 Å². The lowest BCUT2D eigenvalue weighted by Gasteiger charge is -2.46. The number of hydrogen-bond acceptors (Lipinski definition) is 12. The van der Waals surface area contributed by atoms with Gasteiger partial charge in [-0.25, -0.2) is 14.8 Å². The van der Waals surface area contributed by atoms with Gasteiger partial charge >= 0.3 is 5.69 Å². The fourth-order valence-corrected chi connectivity index (χ4v) is 10.3. The molecule has 17 heteroatoms. The molecule has 4 fully saturated rings. The lowest BCUT2D eigenvalue weighted by molar-refractivity contribution is -0.135. The highest BCUT2D eigenvalue weighted by molar-refractivity contribution is 6.07. The van der Waals surface area contributed by atoms with Crippen molar-refractivity contribution in [2.24, 2.45) is 18.9 Å². The number of likely N-dealkylation sites (N-methyl/N-ethyl adjacent to an activating group) is 1. The monoisotopic (exact) mass is 883 g/mol. The van der Waals surface area contributed by atoms with Gasteiger partial charge in [-0.2, -0.15) is 0 Å². The van der Waals surface area contributed by atoms with Crippen LogP contribution in [-0.4, -0.2) is 117 Å². The number of para-hydroxylation sites is 1. The van der Waals surface area contributed by atoms with E-state index in [9.17, 15) is 24.0 Å². The Morgan fingerprint density at radius 2 is 1.74 bits per heavy atom. The molecular formula is C48H57N11O6. The number of pyridine rings is 1. The van der Waals surface area contributed by atoms with Crippen molar-refractivity contribution < 1.29 is 23.6 Å². The number of nitrogens with one attached hydrogen (secondary N) is 3. The van der Waals surface area contributed by atoms with Crippen LogP contribution in [-0.2, 0) is 29.7 Å². The van der Waals surface area contributed by atoms with Crippen LogP contribution in [0.5, 0.6) is 0 Å². The van der Waals surface area contributed by atoms with Crippen LogP contribution in [0.4, 0.5) is 17.2 Å². The molecule has 2 aliphatic carbocycles. The van der Waals surface area contributed by atoms with E-state index in [1.54, 1.807) is 22.4 Å². The van der Waals surface area contributed by atoms with Crippen LogP contribution in [0.2, 0.25) is 0 Å². The summed E-state index contributed by atoms with van der Waals surface area (Å²) in [7, 11) is 7.76. The van der Waals surface area contributed by atoms with E-state index in [1.165, 1.54) is 19.1 Å². The van der Waals surface area contributed by atoms with Crippen molar-refractivity contribution in [2.45, 2.75) is 82.6 Å². The Labute approximate surface area is 377 Å². The molecule has 5 aromatic rings. The normalized spacial score (nSPS) is 21.5. The minimum atomic E-state index is -0.706. The second kappa shape index (κ2) is 17.2. The molecule has 2 saturated heterocycles. The Balaban J connectivity index is 0.720. The van der Waals surface area contributed by atoms with Crippen LogP contribution in [0.15, 0.2) is 64.1 Å². The van der Waals surface area contributed by atoms with E-state index in [1.807, 2.05) is 60.3 Å².